The number of ketones is 1. The normalized spacial score (nSPS) is 16.0. The summed E-state index contributed by atoms with van der Waals surface area (Å²) in [7, 11) is 0. The molecule has 0 radical (unpaired) electrons. The van der Waals surface area contributed by atoms with Gasteiger partial charge in [0.1, 0.15) is 18.5 Å². The largest absolute Gasteiger partial charge is 0.490 e. The zero-order chi connectivity index (χ0) is 20.2. The summed E-state index contributed by atoms with van der Waals surface area (Å²) in [4.78, 5) is 16.8. The van der Waals surface area contributed by atoms with Gasteiger partial charge in [-0.25, -0.2) is 0 Å². The first-order valence-electron chi connectivity index (χ1n) is 8.86. The summed E-state index contributed by atoms with van der Waals surface area (Å²) in [6.45, 7) is 3.73. The Kier molecular flexibility index (Phi) is 4.90. The Labute approximate surface area is 179 Å². The molecule has 0 saturated carbocycles. The summed E-state index contributed by atoms with van der Waals surface area (Å²) in [5, 5.41) is 19.5. The van der Waals surface area contributed by atoms with Crippen molar-refractivity contribution in [2.75, 3.05) is 13.2 Å². The molecular weight excluding hydrogens is 490 g/mol. The predicted molar refractivity (Wildman–Crippen MR) is 114 cm³/mol. The molecule has 0 unspecified atom stereocenters. The topological polar surface area (TPSA) is 82.6 Å². The average Bonchev–Trinajstić information content (AvgIpc) is 3.04. The highest BCUT2D eigenvalue weighted by Crippen LogP contribution is 2.48. The number of fused-ring (bicyclic) bond motifs is 4. The number of rotatable bonds is 4. The van der Waals surface area contributed by atoms with E-state index in [-0.39, 0.29) is 19.0 Å². The number of carbonyl (C=O) groups is 1. The highest BCUT2D eigenvalue weighted by atomic mass is 79.9. The Morgan fingerprint density at radius 1 is 1.21 bits per heavy atom. The number of aromatic nitrogens is 1. The Morgan fingerprint density at radius 3 is 2.68 bits per heavy atom. The van der Waals surface area contributed by atoms with E-state index in [0.29, 0.717) is 21.3 Å². The van der Waals surface area contributed by atoms with Crippen LogP contribution in [0.25, 0.3) is 10.9 Å². The van der Waals surface area contributed by atoms with Crippen molar-refractivity contribution in [3.05, 3.63) is 61.7 Å². The van der Waals surface area contributed by atoms with Crippen molar-refractivity contribution in [2.24, 2.45) is 0 Å². The van der Waals surface area contributed by atoms with E-state index in [2.05, 4.69) is 50.7 Å². The van der Waals surface area contributed by atoms with Gasteiger partial charge in [0.15, 0.2) is 5.78 Å². The van der Waals surface area contributed by atoms with Gasteiger partial charge in [0.05, 0.1) is 16.6 Å². The summed E-state index contributed by atoms with van der Waals surface area (Å²) in [5.41, 5.74) is 3.47. The quantitative estimate of drug-likeness (QED) is 0.490. The van der Waals surface area contributed by atoms with Gasteiger partial charge in [-0.2, -0.15) is 0 Å². The van der Waals surface area contributed by atoms with Gasteiger partial charge in [0, 0.05) is 32.0 Å². The van der Waals surface area contributed by atoms with Gasteiger partial charge >= 0.3 is 0 Å². The molecule has 0 spiro atoms. The molecule has 1 aliphatic rings. The maximum Gasteiger partial charge on any atom is 0.195 e. The van der Waals surface area contributed by atoms with Crippen LogP contribution in [0, 0.1) is 0 Å². The zero-order valence-corrected chi connectivity index (χ0v) is 18.5. The molecule has 3 aromatic rings. The van der Waals surface area contributed by atoms with Gasteiger partial charge in [0.2, 0.25) is 0 Å². The molecule has 0 fully saturated rings. The average molecular weight is 509 g/mol. The standard InChI is InChI=1S/C21H19Br2NO4/c1-21(2)17-13(5-6-15(18(17)23)28-9-11(26)8-25)19(27)16-12-4-3-10(22)7-14(12)24-20(16)21/h3-7,11,24-26H,8-9H2,1-2H3/t11-/m1/s1. The molecule has 1 atom stereocenters. The number of H-pyrrole nitrogens is 1. The minimum atomic E-state index is -0.962. The van der Waals surface area contributed by atoms with Crippen molar-refractivity contribution in [1.82, 2.24) is 4.98 Å². The first kappa shape index (κ1) is 19.6. The molecule has 7 heteroatoms. The first-order chi connectivity index (χ1) is 13.3. The van der Waals surface area contributed by atoms with Gasteiger partial charge in [-0.15, -0.1) is 0 Å². The Balaban J connectivity index is 1.88. The summed E-state index contributed by atoms with van der Waals surface area (Å²) < 4.78 is 7.29. The summed E-state index contributed by atoms with van der Waals surface area (Å²) >= 11 is 7.09. The van der Waals surface area contributed by atoms with Crippen LogP contribution in [0.5, 0.6) is 5.75 Å². The van der Waals surface area contributed by atoms with Crippen molar-refractivity contribution in [3.63, 3.8) is 0 Å². The fraction of sp³-hybridized carbons (Fsp3) is 0.286. The molecule has 5 nitrogen and oxygen atoms in total. The number of aliphatic hydroxyl groups is 2. The minimum Gasteiger partial charge on any atom is -0.490 e. The van der Waals surface area contributed by atoms with E-state index in [1.807, 2.05) is 18.2 Å². The molecular formula is C21H19Br2NO4. The van der Waals surface area contributed by atoms with Crippen LogP contribution in [0.1, 0.15) is 41.0 Å². The summed E-state index contributed by atoms with van der Waals surface area (Å²) in [5.74, 6) is 0.495. The van der Waals surface area contributed by atoms with E-state index >= 15 is 0 Å². The number of ether oxygens (including phenoxy) is 1. The number of benzene rings is 2. The van der Waals surface area contributed by atoms with Crippen LogP contribution < -0.4 is 4.74 Å². The number of carbonyl (C=O) groups excluding carboxylic acids is 1. The van der Waals surface area contributed by atoms with Crippen LogP contribution in [0.15, 0.2) is 39.3 Å². The molecule has 0 amide bonds. The summed E-state index contributed by atoms with van der Waals surface area (Å²) in [6.07, 6.45) is -0.962. The Bertz CT molecular complexity index is 1100. The maximum atomic E-state index is 13.4. The van der Waals surface area contributed by atoms with Crippen LogP contribution in [-0.2, 0) is 5.41 Å². The second-order valence-electron chi connectivity index (χ2n) is 7.47. The molecule has 0 bridgehead atoms. The number of nitrogens with one attached hydrogen (secondary N) is 1. The second kappa shape index (κ2) is 6.99. The number of hydrogen-bond donors (Lipinski definition) is 3. The lowest BCUT2D eigenvalue weighted by Gasteiger charge is -2.33. The molecule has 3 N–H and O–H groups in total. The zero-order valence-electron chi connectivity index (χ0n) is 15.3. The third-order valence-corrected chi connectivity index (χ3v) is 6.51. The molecule has 1 aliphatic carbocycles. The maximum absolute atomic E-state index is 13.4. The van der Waals surface area contributed by atoms with Gasteiger partial charge in [0.25, 0.3) is 0 Å². The van der Waals surface area contributed by atoms with E-state index in [4.69, 9.17) is 9.84 Å². The number of hydrogen-bond acceptors (Lipinski definition) is 4. The van der Waals surface area contributed by atoms with E-state index < -0.39 is 11.5 Å². The Hall–Kier alpha value is -1.67. The fourth-order valence-electron chi connectivity index (χ4n) is 3.84. The SMILES string of the molecule is CC1(C)c2[nH]c3cc(Br)ccc3c2C(=O)c2ccc(OC[C@H](O)CO)c(Br)c21. The smallest absolute Gasteiger partial charge is 0.195 e. The molecule has 146 valence electrons. The molecule has 28 heavy (non-hydrogen) atoms. The van der Waals surface area contributed by atoms with Crippen molar-refractivity contribution in [1.29, 1.82) is 0 Å². The van der Waals surface area contributed by atoms with Crippen LogP contribution in [0.3, 0.4) is 0 Å². The van der Waals surface area contributed by atoms with E-state index in [1.165, 1.54) is 0 Å². The molecule has 0 aliphatic heterocycles. The molecule has 4 rings (SSSR count). The van der Waals surface area contributed by atoms with Crippen molar-refractivity contribution >= 4 is 48.5 Å². The third-order valence-electron chi connectivity index (χ3n) is 5.23. The van der Waals surface area contributed by atoms with Crippen LogP contribution in [0.2, 0.25) is 0 Å². The molecule has 1 heterocycles. The first-order valence-corrected chi connectivity index (χ1v) is 10.5. The number of aliphatic hydroxyl groups excluding tert-OH is 2. The van der Waals surface area contributed by atoms with Crippen molar-refractivity contribution < 1.29 is 19.7 Å². The van der Waals surface area contributed by atoms with E-state index in [1.54, 1.807) is 12.1 Å². The lowest BCUT2D eigenvalue weighted by Crippen LogP contribution is -2.31. The lowest BCUT2D eigenvalue weighted by atomic mass is 9.71. The Morgan fingerprint density at radius 2 is 1.96 bits per heavy atom. The highest BCUT2D eigenvalue weighted by Gasteiger charge is 2.41. The lowest BCUT2D eigenvalue weighted by molar-refractivity contribution is 0.0533. The number of aromatic amines is 1. The summed E-state index contributed by atoms with van der Waals surface area (Å²) in [6, 6.07) is 9.35. The van der Waals surface area contributed by atoms with Crippen LogP contribution in [-0.4, -0.2) is 40.3 Å². The molecule has 2 aromatic carbocycles. The minimum absolute atomic E-state index is 0.0273. The van der Waals surface area contributed by atoms with Crippen LogP contribution in [0.4, 0.5) is 0 Å². The number of halogens is 2. The van der Waals surface area contributed by atoms with Gasteiger partial charge in [-0.3, -0.25) is 4.79 Å². The van der Waals surface area contributed by atoms with Crippen LogP contribution >= 0.6 is 31.9 Å². The molecule has 0 saturated heterocycles. The predicted octanol–water partition coefficient (Wildman–Crippen LogP) is 4.30. The fourth-order valence-corrected chi connectivity index (χ4v) is 5.16. The monoisotopic (exact) mass is 507 g/mol. The highest BCUT2D eigenvalue weighted by molar-refractivity contribution is 9.10. The second-order valence-corrected chi connectivity index (χ2v) is 9.18. The van der Waals surface area contributed by atoms with E-state index in [9.17, 15) is 9.90 Å². The van der Waals surface area contributed by atoms with Gasteiger partial charge in [-0.05, 0) is 45.8 Å². The molecule has 1 aromatic heterocycles. The van der Waals surface area contributed by atoms with Gasteiger partial charge < -0.3 is 19.9 Å². The van der Waals surface area contributed by atoms with Crippen molar-refractivity contribution in [2.45, 2.75) is 25.4 Å². The van der Waals surface area contributed by atoms with Crippen molar-refractivity contribution in [3.8, 4) is 5.75 Å². The third kappa shape index (κ3) is 2.92. The van der Waals surface area contributed by atoms with Gasteiger partial charge in [-0.1, -0.05) is 35.8 Å². The van der Waals surface area contributed by atoms with E-state index in [0.717, 1.165) is 26.6 Å².